The second-order valence-corrected chi connectivity index (χ2v) is 6.04. The van der Waals surface area contributed by atoms with Gasteiger partial charge in [0.15, 0.2) is 0 Å². The summed E-state index contributed by atoms with van der Waals surface area (Å²) in [5.41, 5.74) is 0. The molecule has 0 spiro atoms. The number of hydrogen-bond donors (Lipinski definition) is 2. The summed E-state index contributed by atoms with van der Waals surface area (Å²) in [4.78, 5) is 0. The molecule has 1 aliphatic rings. The highest BCUT2D eigenvalue weighted by Crippen LogP contribution is 2.07. The SMILES string of the molecule is CCCS(=O)(=O)N1C=CC=CC1.O=S(=O)(O)O. The first-order valence-electron chi connectivity index (χ1n) is 4.69. The summed E-state index contributed by atoms with van der Waals surface area (Å²) in [6.45, 7) is 2.33. The number of sulfonamides is 1. The smallest absolute Gasteiger partial charge is 0.273 e. The molecule has 17 heavy (non-hydrogen) atoms. The van der Waals surface area contributed by atoms with E-state index in [0.717, 1.165) is 0 Å². The van der Waals surface area contributed by atoms with E-state index in [1.165, 1.54) is 4.31 Å². The van der Waals surface area contributed by atoms with E-state index in [9.17, 15) is 8.42 Å². The minimum atomic E-state index is -4.67. The Morgan fingerprint density at radius 3 is 2.06 bits per heavy atom. The highest BCUT2D eigenvalue weighted by molar-refractivity contribution is 7.89. The minimum Gasteiger partial charge on any atom is -0.273 e. The van der Waals surface area contributed by atoms with E-state index in [1.807, 2.05) is 19.1 Å². The van der Waals surface area contributed by atoms with Gasteiger partial charge in [-0.2, -0.15) is 8.42 Å². The lowest BCUT2D eigenvalue weighted by Crippen LogP contribution is -2.29. The third kappa shape index (κ3) is 8.86. The first kappa shape index (κ1) is 16.1. The summed E-state index contributed by atoms with van der Waals surface area (Å²) in [7, 11) is -7.70. The number of nitrogens with zero attached hydrogens (tertiary/aromatic N) is 1. The van der Waals surface area contributed by atoms with Gasteiger partial charge in [-0.3, -0.25) is 13.4 Å². The van der Waals surface area contributed by atoms with Gasteiger partial charge in [0.2, 0.25) is 10.0 Å². The van der Waals surface area contributed by atoms with Crippen LogP contribution in [0.4, 0.5) is 0 Å². The van der Waals surface area contributed by atoms with Gasteiger partial charge in [-0.1, -0.05) is 19.1 Å². The van der Waals surface area contributed by atoms with Crippen LogP contribution in [-0.4, -0.2) is 42.5 Å². The number of rotatable bonds is 3. The van der Waals surface area contributed by atoms with E-state index in [-0.39, 0.29) is 5.75 Å². The largest absolute Gasteiger partial charge is 0.394 e. The molecular formula is C8H15NO6S2. The first-order valence-corrected chi connectivity index (χ1v) is 7.70. The van der Waals surface area contributed by atoms with E-state index in [1.54, 1.807) is 12.3 Å². The molecule has 1 heterocycles. The summed E-state index contributed by atoms with van der Waals surface area (Å²) in [5, 5.41) is 0. The Morgan fingerprint density at radius 2 is 1.71 bits per heavy atom. The van der Waals surface area contributed by atoms with Crippen molar-refractivity contribution < 1.29 is 25.9 Å². The van der Waals surface area contributed by atoms with E-state index < -0.39 is 20.4 Å². The fourth-order valence-corrected chi connectivity index (χ4v) is 2.35. The van der Waals surface area contributed by atoms with Crippen LogP contribution in [-0.2, 0) is 20.4 Å². The number of allylic oxidation sites excluding steroid dienone is 2. The van der Waals surface area contributed by atoms with E-state index in [4.69, 9.17) is 17.5 Å². The van der Waals surface area contributed by atoms with Crippen molar-refractivity contribution >= 4 is 20.4 Å². The zero-order valence-corrected chi connectivity index (χ0v) is 10.9. The Bertz CT molecular complexity index is 468. The quantitative estimate of drug-likeness (QED) is 0.728. The Balaban J connectivity index is 0.000000437. The predicted molar refractivity (Wildman–Crippen MR) is 63.2 cm³/mol. The second-order valence-electron chi connectivity index (χ2n) is 3.10. The van der Waals surface area contributed by atoms with Gasteiger partial charge in [0.05, 0.1) is 12.3 Å². The zero-order chi connectivity index (χ0) is 13.5. The van der Waals surface area contributed by atoms with E-state index in [0.29, 0.717) is 13.0 Å². The predicted octanol–water partition coefficient (Wildman–Crippen LogP) is 0.459. The Morgan fingerprint density at radius 1 is 1.18 bits per heavy atom. The second kappa shape index (κ2) is 6.74. The third-order valence-electron chi connectivity index (χ3n) is 1.60. The monoisotopic (exact) mass is 285 g/mol. The fraction of sp³-hybridized carbons (Fsp3) is 0.500. The van der Waals surface area contributed by atoms with Crippen molar-refractivity contribution in [3.63, 3.8) is 0 Å². The van der Waals surface area contributed by atoms with Crippen LogP contribution >= 0.6 is 0 Å². The van der Waals surface area contributed by atoms with Crippen LogP contribution in [0.1, 0.15) is 13.3 Å². The molecule has 1 aliphatic heterocycles. The molecule has 0 aliphatic carbocycles. The molecule has 7 nitrogen and oxygen atoms in total. The lowest BCUT2D eigenvalue weighted by Gasteiger charge is -2.19. The van der Waals surface area contributed by atoms with Crippen LogP contribution in [0.3, 0.4) is 0 Å². The standard InChI is InChI=1S/C8H13NO2S.H2O4S/c1-2-8-12(10,11)9-6-4-3-5-7-9;1-5(2,3)4/h3-6H,2,7-8H2,1H3;(H2,1,2,3,4). The Hall–Kier alpha value is -0.900. The van der Waals surface area contributed by atoms with Crippen molar-refractivity contribution in [2.45, 2.75) is 13.3 Å². The van der Waals surface area contributed by atoms with Crippen LogP contribution in [0.15, 0.2) is 24.4 Å². The van der Waals surface area contributed by atoms with Crippen LogP contribution in [0, 0.1) is 0 Å². The molecular weight excluding hydrogens is 270 g/mol. The summed E-state index contributed by atoms with van der Waals surface area (Å²) >= 11 is 0. The molecule has 0 aromatic carbocycles. The molecule has 0 bridgehead atoms. The molecule has 0 radical (unpaired) electrons. The van der Waals surface area contributed by atoms with Gasteiger partial charge in [0.1, 0.15) is 0 Å². The van der Waals surface area contributed by atoms with Gasteiger partial charge in [-0.15, -0.1) is 0 Å². The van der Waals surface area contributed by atoms with Gasteiger partial charge >= 0.3 is 10.4 Å². The average molecular weight is 285 g/mol. The van der Waals surface area contributed by atoms with Crippen molar-refractivity contribution in [2.75, 3.05) is 12.3 Å². The average Bonchev–Trinajstić information content (AvgIpc) is 2.16. The molecule has 0 saturated carbocycles. The molecule has 100 valence electrons. The zero-order valence-electron chi connectivity index (χ0n) is 9.22. The minimum absolute atomic E-state index is 0.227. The van der Waals surface area contributed by atoms with Crippen LogP contribution in [0.25, 0.3) is 0 Å². The van der Waals surface area contributed by atoms with Crippen molar-refractivity contribution in [1.29, 1.82) is 0 Å². The molecule has 2 N–H and O–H groups in total. The van der Waals surface area contributed by atoms with Gasteiger partial charge in [-0.05, 0) is 12.5 Å². The van der Waals surface area contributed by atoms with Gasteiger partial charge < -0.3 is 0 Å². The fourth-order valence-electron chi connectivity index (χ4n) is 1.03. The maximum Gasteiger partial charge on any atom is 0.394 e. The summed E-state index contributed by atoms with van der Waals surface area (Å²) in [5.74, 6) is 0.227. The van der Waals surface area contributed by atoms with Gasteiger partial charge in [0, 0.05) is 6.20 Å². The summed E-state index contributed by atoms with van der Waals surface area (Å²) < 4.78 is 55.8. The first-order chi connectivity index (χ1) is 7.67. The van der Waals surface area contributed by atoms with E-state index in [2.05, 4.69) is 0 Å². The normalized spacial score (nSPS) is 15.4. The van der Waals surface area contributed by atoms with Crippen LogP contribution in [0.5, 0.6) is 0 Å². The lowest BCUT2D eigenvalue weighted by molar-refractivity contribution is 0.381. The summed E-state index contributed by atoms with van der Waals surface area (Å²) in [6, 6.07) is 0. The molecule has 0 unspecified atom stereocenters. The highest BCUT2D eigenvalue weighted by atomic mass is 32.3. The maximum atomic E-state index is 11.4. The topological polar surface area (TPSA) is 112 Å². The van der Waals surface area contributed by atoms with Gasteiger partial charge in [-0.25, -0.2) is 8.42 Å². The molecule has 1 rings (SSSR count). The van der Waals surface area contributed by atoms with Crippen molar-refractivity contribution in [1.82, 2.24) is 4.31 Å². The van der Waals surface area contributed by atoms with Crippen molar-refractivity contribution in [3.8, 4) is 0 Å². The molecule has 0 amide bonds. The Labute approximate surface area is 101 Å². The molecule has 9 heteroatoms. The van der Waals surface area contributed by atoms with Crippen LogP contribution in [0.2, 0.25) is 0 Å². The third-order valence-corrected chi connectivity index (χ3v) is 3.51. The molecule has 0 saturated heterocycles. The molecule has 0 aromatic heterocycles. The Kier molecular flexibility index (Phi) is 6.39. The van der Waals surface area contributed by atoms with E-state index >= 15 is 0 Å². The van der Waals surface area contributed by atoms with Crippen molar-refractivity contribution in [3.05, 3.63) is 24.4 Å². The maximum absolute atomic E-state index is 11.4. The number of hydrogen-bond acceptors (Lipinski definition) is 4. The molecule has 0 atom stereocenters. The van der Waals surface area contributed by atoms with Crippen LogP contribution < -0.4 is 0 Å². The van der Waals surface area contributed by atoms with Gasteiger partial charge in [0.25, 0.3) is 0 Å². The summed E-state index contributed by atoms with van der Waals surface area (Å²) in [6.07, 6.45) is 7.67. The lowest BCUT2D eigenvalue weighted by atomic mass is 10.4. The molecule has 0 fully saturated rings. The highest BCUT2D eigenvalue weighted by Gasteiger charge is 2.16. The van der Waals surface area contributed by atoms with Crippen molar-refractivity contribution in [2.24, 2.45) is 0 Å². The molecule has 0 aromatic rings.